The fraction of sp³-hybridized carbons (Fsp3) is 0.300. The number of aromatic nitrogens is 2. The van der Waals surface area contributed by atoms with Crippen molar-refractivity contribution in [3.63, 3.8) is 0 Å². The number of hydrogen-bond acceptors (Lipinski definition) is 1. The highest BCUT2D eigenvalue weighted by Gasteiger charge is 2.07. The second-order valence-electron chi connectivity index (χ2n) is 2.64. The molecule has 1 heterocycles. The standard InChI is InChI=1S/C10H14N2/c1-5-9-8(4)10(6-2)12(7-3)11-9/h6-7H,2-3,5H2,1,4H3. The Kier molecular flexibility index (Phi) is 2.48. The fourth-order valence-corrected chi connectivity index (χ4v) is 1.30. The predicted octanol–water partition coefficient (Wildman–Crippen LogP) is 2.50. The first-order chi connectivity index (χ1) is 5.74. The van der Waals surface area contributed by atoms with Crippen LogP contribution in [0.25, 0.3) is 12.3 Å². The van der Waals surface area contributed by atoms with E-state index in [0.29, 0.717) is 0 Å². The molecule has 0 saturated carbocycles. The molecule has 0 amide bonds. The molecule has 0 spiro atoms. The maximum absolute atomic E-state index is 4.34. The van der Waals surface area contributed by atoms with Gasteiger partial charge >= 0.3 is 0 Å². The zero-order valence-corrected chi connectivity index (χ0v) is 7.67. The molecule has 1 aromatic rings. The van der Waals surface area contributed by atoms with E-state index in [1.54, 1.807) is 10.9 Å². The second kappa shape index (κ2) is 3.39. The fourth-order valence-electron chi connectivity index (χ4n) is 1.30. The molecule has 0 atom stereocenters. The molecule has 0 N–H and O–H groups in total. The van der Waals surface area contributed by atoms with Gasteiger partial charge in [0.05, 0.1) is 11.4 Å². The van der Waals surface area contributed by atoms with Crippen LogP contribution in [0.1, 0.15) is 23.9 Å². The summed E-state index contributed by atoms with van der Waals surface area (Å²) < 4.78 is 1.77. The molecule has 2 heteroatoms. The van der Waals surface area contributed by atoms with Crippen molar-refractivity contribution in [2.24, 2.45) is 0 Å². The lowest BCUT2D eigenvalue weighted by Gasteiger charge is -1.94. The Morgan fingerprint density at radius 2 is 2.17 bits per heavy atom. The molecule has 0 unspecified atom stereocenters. The Bertz CT molecular complexity index is 308. The lowest BCUT2D eigenvalue weighted by Crippen LogP contribution is -1.91. The zero-order valence-electron chi connectivity index (χ0n) is 7.67. The van der Waals surface area contributed by atoms with E-state index in [9.17, 15) is 0 Å². The van der Waals surface area contributed by atoms with Crippen molar-refractivity contribution in [3.05, 3.63) is 30.1 Å². The molecular weight excluding hydrogens is 148 g/mol. The lowest BCUT2D eigenvalue weighted by molar-refractivity contribution is 0.876. The molecule has 12 heavy (non-hydrogen) atoms. The molecule has 2 nitrogen and oxygen atoms in total. The SMILES string of the molecule is C=Cc1c(C)c(CC)nn1C=C. The number of hydrogen-bond donors (Lipinski definition) is 0. The summed E-state index contributed by atoms with van der Waals surface area (Å²) >= 11 is 0. The molecule has 0 aliphatic carbocycles. The molecule has 0 aromatic carbocycles. The Morgan fingerprint density at radius 3 is 2.50 bits per heavy atom. The van der Waals surface area contributed by atoms with Crippen LogP contribution < -0.4 is 0 Å². The van der Waals surface area contributed by atoms with E-state index in [0.717, 1.165) is 17.8 Å². The van der Waals surface area contributed by atoms with Crippen molar-refractivity contribution >= 4 is 12.3 Å². The zero-order chi connectivity index (χ0) is 9.14. The smallest absolute Gasteiger partial charge is 0.0687 e. The van der Waals surface area contributed by atoms with Crippen LogP contribution in [0.3, 0.4) is 0 Å². The predicted molar refractivity (Wildman–Crippen MR) is 52.8 cm³/mol. The van der Waals surface area contributed by atoms with Crippen molar-refractivity contribution in [1.29, 1.82) is 0 Å². The van der Waals surface area contributed by atoms with Crippen molar-refractivity contribution in [1.82, 2.24) is 9.78 Å². The van der Waals surface area contributed by atoms with Crippen LogP contribution in [0.15, 0.2) is 13.2 Å². The largest absolute Gasteiger partial charge is 0.241 e. The highest BCUT2D eigenvalue weighted by Crippen LogP contribution is 2.14. The normalized spacial score (nSPS) is 9.83. The number of rotatable bonds is 3. The van der Waals surface area contributed by atoms with Gasteiger partial charge in [-0.25, -0.2) is 4.68 Å². The van der Waals surface area contributed by atoms with Gasteiger partial charge in [0.2, 0.25) is 0 Å². The minimum absolute atomic E-state index is 0.952. The van der Waals surface area contributed by atoms with Gasteiger partial charge in [-0.2, -0.15) is 5.10 Å². The van der Waals surface area contributed by atoms with Gasteiger partial charge in [-0.05, 0) is 25.0 Å². The first-order valence-electron chi connectivity index (χ1n) is 4.07. The molecule has 64 valence electrons. The number of aryl methyl sites for hydroxylation is 1. The van der Waals surface area contributed by atoms with Gasteiger partial charge in [0, 0.05) is 6.20 Å². The van der Waals surface area contributed by atoms with E-state index in [4.69, 9.17) is 0 Å². The summed E-state index contributed by atoms with van der Waals surface area (Å²) in [5, 5.41) is 4.34. The third kappa shape index (κ3) is 1.20. The molecule has 1 rings (SSSR count). The Hall–Kier alpha value is -1.31. The van der Waals surface area contributed by atoms with Gasteiger partial charge in [0.25, 0.3) is 0 Å². The molecule has 0 radical (unpaired) electrons. The topological polar surface area (TPSA) is 17.8 Å². The van der Waals surface area contributed by atoms with Crippen molar-refractivity contribution in [2.45, 2.75) is 20.3 Å². The van der Waals surface area contributed by atoms with Crippen LogP contribution in [0.5, 0.6) is 0 Å². The average Bonchev–Trinajstić information content (AvgIpc) is 2.41. The Labute approximate surface area is 73.2 Å². The van der Waals surface area contributed by atoms with Gasteiger partial charge in [-0.15, -0.1) is 0 Å². The second-order valence-corrected chi connectivity index (χ2v) is 2.64. The molecular formula is C10H14N2. The van der Waals surface area contributed by atoms with E-state index in [1.807, 2.05) is 6.08 Å². The van der Waals surface area contributed by atoms with Crippen molar-refractivity contribution in [3.8, 4) is 0 Å². The third-order valence-corrected chi connectivity index (χ3v) is 1.99. The van der Waals surface area contributed by atoms with Gasteiger partial charge in [-0.1, -0.05) is 20.1 Å². The van der Waals surface area contributed by atoms with E-state index in [-0.39, 0.29) is 0 Å². The number of nitrogens with zero attached hydrogens (tertiary/aromatic N) is 2. The molecule has 0 saturated heterocycles. The van der Waals surface area contributed by atoms with Gasteiger partial charge in [-0.3, -0.25) is 0 Å². The van der Waals surface area contributed by atoms with Crippen molar-refractivity contribution < 1.29 is 0 Å². The van der Waals surface area contributed by atoms with Gasteiger partial charge in [0.1, 0.15) is 0 Å². The minimum Gasteiger partial charge on any atom is -0.241 e. The molecule has 0 aliphatic heterocycles. The van der Waals surface area contributed by atoms with Crippen LogP contribution in [-0.2, 0) is 6.42 Å². The molecule has 0 bridgehead atoms. The summed E-state index contributed by atoms with van der Waals surface area (Å²) in [7, 11) is 0. The average molecular weight is 162 g/mol. The van der Waals surface area contributed by atoms with Crippen LogP contribution in [0, 0.1) is 6.92 Å². The monoisotopic (exact) mass is 162 g/mol. The van der Waals surface area contributed by atoms with Crippen LogP contribution in [0.2, 0.25) is 0 Å². The maximum atomic E-state index is 4.34. The highest BCUT2D eigenvalue weighted by molar-refractivity contribution is 5.51. The van der Waals surface area contributed by atoms with Crippen LogP contribution >= 0.6 is 0 Å². The third-order valence-electron chi connectivity index (χ3n) is 1.99. The lowest BCUT2D eigenvalue weighted by atomic mass is 10.2. The summed E-state index contributed by atoms with van der Waals surface area (Å²) in [6.07, 6.45) is 4.46. The summed E-state index contributed by atoms with van der Waals surface area (Å²) in [5.74, 6) is 0. The quantitative estimate of drug-likeness (QED) is 0.667. The molecule has 1 aromatic heterocycles. The Balaban J connectivity index is 3.31. The molecule has 0 fully saturated rings. The van der Waals surface area contributed by atoms with Crippen molar-refractivity contribution in [2.75, 3.05) is 0 Å². The Morgan fingerprint density at radius 1 is 1.50 bits per heavy atom. The first kappa shape index (κ1) is 8.78. The summed E-state index contributed by atoms with van der Waals surface area (Å²) in [6, 6.07) is 0. The highest BCUT2D eigenvalue weighted by atomic mass is 15.3. The van der Waals surface area contributed by atoms with E-state index in [1.165, 1.54) is 5.56 Å². The molecule has 0 aliphatic rings. The minimum atomic E-state index is 0.952. The maximum Gasteiger partial charge on any atom is 0.0687 e. The summed E-state index contributed by atoms with van der Waals surface area (Å²) in [6.45, 7) is 11.6. The van der Waals surface area contributed by atoms with Gasteiger partial charge < -0.3 is 0 Å². The van der Waals surface area contributed by atoms with Crippen LogP contribution in [-0.4, -0.2) is 9.78 Å². The summed E-state index contributed by atoms with van der Waals surface area (Å²) in [4.78, 5) is 0. The van der Waals surface area contributed by atoms with E-state index in [2.05, 4.69) is 32.1 Å². The van der Waals surface area contributed by atoms with E-state index >= 15 is 0 Å². The van der Waals surface area contributed by atoms with Gasteiger partial charge in [0.15, 0.2) is 0 Å². The van der Waals surface area contributed by atoms with E-state index < -0.39 is 0 Å². The van der Waals surface area contributed by atoms with Crippen LogP contribution in [0.4, 0.5) is 0 Å². The summed E-state index contributed by atoms with van der Waals surface area (Å²) in [5.41, 5.74) is 3.36. The first-order valence-corrected chi connectivity index (χ1v) is 4.07.